The lowest BCUT2D eigenvalue weighted by Gasteiger charge is -2.17. The van der Waals surface area contributed by atoms with Crippen LogP contribution >= 0.6 is 0 Å². The number of aromatic nitrogens is 3. The monoisotopic (exact) mass is 450 g/mol. The summed E-state index contributed by atoms with van der Waals surface area (Å²) < 4.78 is 2.24. The van der Waals surface area contributed by atoms with Crippen molar-refractivity contribution in [3.8, 4) is 0 Å². The average molecular weight is 451 g/mol. The number of nitrogens with one attached hydrogen (secondary N) is 1. The van der Waals surface area contributed by atoms with Crippen LogP contribution < -0.4 is 16.7 Å². The number of carboxylic acids is 1. The molecule has 0 fully saturated rings. The maximum Gasteiger partial charge on any atom is 0.354 e. The molecule has 3 rings (SSSR count). The second-order valence-electron chi connectivity index (χ2n) is 8.84. The van der Waals surface area contributed by atoms with Gasteiger partial charge in [-0.1, -0.05) is 62.7 Å². The predicted octanol–water partition coefficient (Wildman–Crippen LogP) is 3.42. The van der Waals surface area contributed by atoms with Crippen LogP contribution in [0.4, 0.5) is 11.6 Å². The summed E-state index contributed by atoms with van der Waals surface area (Å²) in [4.78, 5) is 41.3. The second-order valence-corrected chi connectivity index (χ2v) is 8.84. The van der Waals surface area contributed by atoms with Crippen LogP contribution in [0.25, 0.3) is 0 Å². The zero-order valence-electron chi connectivity index (χ0n) is 19.4. The van der Waals surface area contributed by atoms with E-state index in [1.165, 1.54) is 17.1 Å². The highest BCUT2D eigenvalue weighted by Crippen LogP contribution is 2.17. The molecule has 0 amide bonds. The van der Waals surface area contributed by atoms with Crippen LogP contribution in [0.2, 0.25) is 0 Å². The largest absolute Gasteiger partial charge is 0.481 e. The summed E-state index contributed by atoms with van der Waals surface area (Å²) in [5, 5.41) is 12.3. The van der Waals surface area contributed by atoms with Gasteiger partial charge in [-0.15, -0.1) is 0 Å². The lowest BCUT2D eigenvalue weighted by molar-refractivity contribution is -0.141. The summed E-state index contributed by atoms with van der Waals surface area (Å²) in [6, 6.07) is 15.5. The van der Waals surface area contributed by atoms with Crippen molar-refractivity contribution in [1.29, 1.82) is 0 Å². The van der Waals surface area contributed by atoms with Crippen LogP contribution in [0.15, 0.2) is 58.1 Å². The van der Waals surface area contributed by atoms with Crippen molar-refractivity contribution in [1.82, 2.24) is 14.1 Å². The highest BCUT2D eigenvalue weighted by molar-refractivity contribution is 5.69. The topological polar surface area (TPSA) is 106 Å². The van der Waals surface area contributed by atoms with E-state index >= 15 is 0 Å². The molecule has 174 valence electrons. The van der Waals surface area contributed by atoms with Crippen molar-refractivity contribution < 1.29 is 9.90 Å². The zero-order valence-corrected chi connectivity index (χ0v) is 19.4. The first kappa shape index (κ1) is 24.0. The van der Waals surface area contributed by atoms with E-state index in [1.807, 2.05) is 55.5 Å². The first-order valence-electron chi connectivity index (χ1n) is 11.0. The van der Waals surface area contributed by atoms with Gasteiger partial charge in [0.05, 0.1) is 12.5 Å². The van der Waals surface area contributed by atoms with E-state index in [-0.39, 0.29) is 19.0 Å². The van der Waals surface area contributed by atoms with E-state index in [4.69, 9.17) is 0 Å². The minimum atomic E-state index is -1.09. The minimum Gasteiger partial charge on any atom is -0.481 e. The maximum absolute atomic E-state index is 13.3. The Balaban J connectivity index is 2.02. The van der Waals surface area contributed by atoms with Crippen LogP contribution in [-0.2, 0) is 24.3 Å². The fourth-order valence-electron chi connectivity index (χ4n) is 3.48. The Morgan fingerprint density at radius 1 is 0.970 bits per heavy atom. The Hall–Kier alpha value is -3.68. The highest BCUT2D eigenvalue weighted by atomic mass is 16.4. The fourth-order valence-corrected chi connectivity index (χ4v) is 3.48. The molecule has 1 aromatic heterocycles. The number of nitrogens with zero attached hydrogens (tertiary/aromatic N) is 3. The fraction of sp³-hybridized carbons (Fsp3) is 0.360. The van der Waals surface area contributed by atoms with Gasteiger partial charge in [0.25, 0.3) is 0 Å². The zero-order chi connectivity index (χ0) is 24.1. The summed E-state index contributed by atoms with van der Waals surface area (Å²) in [6.45, 7) is 7.66. The Labute approximate surface area is 192 Å². The molecule has 0 aliphatic carbocycles. The molecule has 0 saturated carbocycles. The number of carbonyl (C=O) groups is 1. The van der Waals surface area contributed by atoms with Crippen LogP contribution in [-0.4, -0.2) is 25.2 Å². The van der Waals surface area contributed by atoms with Crippen LogP contribution in [0.3, 0.4) is 0 Å². The van der Waals surface area contributed by atoms with E-state index < -0.39 is 23.3 Å². The molecular weight excluding hydrogens is 420 g/mol. The Morgan fingerprint density at radius 3 is 2.15 bits per heavy atom. The van der Waals surface area contributed by atoms with Gasteiger partial charge in [0.2, 0.25) is 5.95 Å². The lowest BCUT2D eigenvalue weighted by atomic mass is 10.0. The molecule has 0 aliphatic rings. The first-order chi connectivity index (χ1) is 15.6. The van der Waals surface area contributed by atoms with Crippen LogP contribution in [0.1, 0.15) is 37.5 Å². The van der Waals surface area contributed by atoms with Crippen molar-refractivity contribution >= 4 is 17.6 Å². The molecule has 2 aromatic carbocycles. The van der Waals surface area contributed by atoms with Gasteiger partial charge in [0.15, 0.2) is 0 Å². The van der Waals surface area contributed by atoms with Gasteiger partial charge < -0.3 is 10.4 Å². The summed E-state index contributed by atoms with van der Waals surface area (Å²) >= 11 is 0. The molecule has 8 heteroatoms. The summed E-state index contributed by atoms with van der Waals surface area (Å²) in [5.41, 5.74) is 2.44. The van der Waals surface area contributed by atoms with Crippen molar-refractivity contribution in [2.75, 3.05) is 5.32 Å². The molecule has 0 aliphatic heterocycles. The molecule has 0 saturated heterocycles. The average Bonchev–Trinajstić information content (AvgIpc) is 2.76. The van der Waals surface area contributed by atoms with Gasteiger partial charge in [0.1, 0.15) is 0 Å². The number of anilines is 2. The van der Waals surface area contributed by atoms with E-state index in [2.05, 4.69) is 24.1 Å². The van der Waals surface area contributed by atoms with Gasteiger partial charge in [0, 0.05) is 12.2 Å². The number of carboxylic acid groups (broad SMARTS) is 1. The normalized spacial score (nSPS) is 12.0. The van der Waals surface area contributed by atoms with E-state index in [1.54, 1.807) is 0 Å². The number of benzene rings is 2. The van der Waals surface area contributed by atoms with Gasteiger partial charge in [-0.25, -0.2) is 14.2 Å². The van der Waals surface area contributed by atoms with Gasteiger partial charge in [-0.2, -0.15) is 4.98 Å². The van der Waals surface area contributed by atoms with Crippen LogP contribution in [0.5, 0.6) is 0 Å². The van der Waals surface area contributed by atoms with Crippen molar-refractivity contribution in [2.45, 2.75) is 47.2 Å². The first-order valence-corrected chi connectivity index (χ1v) is 11.0. The Kier molecular flexibility index (Phi) is 7.48. The molecule has 0 radical (unpaired) electrons. The molecular formula is C25H30N4O4. The van der Waals surface area contributed by atoms with Gasteiger partial charge >= 0.3 is 17.3 Å². The van der Waals surface area contributed by atoms with Crippen molar-refractivity contribution in [3.05, 3.63) is 86.2 Å². The van der Waals surface area contributed by atoms with Crippen LogP contribution in [0, 0.1) is 18.8 Å². The molecule has 0 unspecified atom stereocenters. The predicted molar refractivity (Wildman–Crippen MR) is 128 cm³/mol. The maximum atomic E-state index is 13.3. The molecule has 3 aromatic rings. The lowest BCUT2D eigenvalue weighted by Crippen LogP contribution is -2.44. The van der Waals surface area contributed by atoms with E-state index in [9.17, 15) is 19.5 Å². The number of hydrogen-bond donors (Lipinski definition) is 2. The number of aryl methyl sites for hydroxylation is 1. The summed E-state index contributed by atoms with van der Waals surface area (Å²) in [5.74, 6) is -1.35. The molecule has 0 bridgehead atoms. The standard InChI is InChI=1S/C25H30N4O4/c1-16(2)13-19-9-11-21(12-10-19)26-23-27-24(32)29(14-18(4)22(30)31)25(33)28(23)15-20-7-5-17(3)6-8-20/h5-12,16,18H,13-15H2,1-4H3,(H,30,31)(H,26,27,32)/t18-/m0/s1. The summed E-state index contributed by atoms with van der Waals surface area (Å²) in [7, 11) is 0. The Morgan fingerprint density at radius 2 is 1.58 bits per heavy atom. The summed E-state index contributed by atoms with van der Waals surface area (Å²) in [6.07, 6.45) is 0.953. The third-order valence-electron chi connectivity index (χ3n) is 5.34. The smallest absolute Gasteiger partial charge is 0.354 e. The van der Waals surface area contributed by atoms with Crippen molar-refractivity contribution in [3.63, 3.8) is 0 Å². The second kappa shape index (κ2) is 10.3. The third-order valence-corrected chi connectivity index (χ3v) is 5.34. The quantitative estimate of drug-likeness (QED) is 0.517. The SMILES string of the molecule is Cc1ccc(Cn2c(Nc3ccc(CC(C)C)cc3)nc(=O)n(C[C@H](C)C(=O)O)c2=O)cc1. The number of hydrogen-bond acceptors (Lipinski definition) is 5. The van der Waals surface area contributed by atoms with Gasteiger partial charge in [-0.3, -0.25) is 9.36 Å². The van der Waals surface area contributed by atoms with E-state index in [0.29, 0.717) is 11.6 Å². The van der Waals surface area contributed by atoms with Crippen molar-refractivity contribution in [2.24, 2.45) is 11.8 Å². The number of aliphatic carboxylic acids is 1. The molecule has 2 N–H and O–H groups in total. The minimum absolute atomic E-state index is 0.112. The highest BCUT2D eigenvalue weighted by Gasteiger charge is 2.19. The third kappa shape index (κ3) is 6.19. The molecule has 0 spiro atoms. The van der Waals surface area contributed by atoms with Gasteiger partial charge in [-0.05, 0) is 42.5 Å². The molecule has 1 atom stereocenters. The Bertz CT molecular complexity index is 1230. The van der Waals surface area contributed by atoms with E-state index in [0.717, 1.165) is 22.1 Å². The number of rotatable bonds is 9. The molecule has 8 nitrogen and oxygen atoms in total. The molecule has 33 heavy (non-hydrogen) atoms. The molecule has 1 heterocycles.